The molecule has 2 aliphatic rings. The molecule has 0 atom stereocenters. The van der Waals surface area contributed by atoms with Crippen LogP contribution in [-0.2, 0) is 11.3 Å². The molecule has 0 bridgehead atoms. The highest BCUT2D eigenvalue weighted by molar-refractivity contribution is 5.50. The predicted octanol–water partition coefficient (Wildman–Crippen LogP) is 0.358. The van der Waals surface area contributed by atoms with Crippen LogP contribution in [0, 0.1) is 0 Å². The number of H-pyrrole nitrogens is 1. The Morgan fingerprint density at radius 2 is 1.67 bits per heavy atom. The first-order valence-corrected chi connectivity index (χ1v) is 8.48. The molecule has 0 spiro atoms. The van der Waals surface area contributed by atoms with Gasteiger partial charge in [0, 0.05) is 63.8 Å². The minimum absolute atomic E-state index is 0.769. The zero-order valence-electron chi connectivity index (χ0n) is 13.8. The van der Waals surface area contributed by atoms with E-state index in [1.165, 1.54) is 5.69 Å². The molecule has 4 heterocycles. The SMILES string of the molecule is c1nc(N2CCOCC2)cc(N2CCN(Cc3cnc[nH]3)CC2)n1. The Morgan fingerprint density at radius 1 is 0.958 bits per heavy atom. The van der Waals surface area contributed by atoms with Crippen LogP contribution < -0.4 is 9.80 Å². The highest BCUT2D eigenvalue weighted by Crippen LogP contribution is 2.20. The van der Waals surface area contributed by atoms with Gasteiger partial charge in [0.25, 0.3) is 0 Å². The summed E-state index contributed by atoms with van der Waals surface area (Å²) in [7, 11) is 0. The monoisotopic (exact) mass is 329 g/mol. The first-order valence-electron chi connectivity index (χ1n) is 8.48. The zero-order chi connectivity index (χ0) is 16.2. The smallest absolute Gasteiger partial charge is 0.134 e. The summed E-state index contributed by atoms with van der Waals surface area (Å²) in [5.41, 5.74) is 1.17. The van der Waals surface area contributed by atoms with E-state index in [2.05, 4.69) is 40.7 Å². The van der Waals surface area contributed by atoms with Crippen molar-refractivity contribution < 1.29 is 4.74 Å². The number of piperazine rings is 1. The molecule has 2 saturated heterocycles. The number of nitrogens with one attached hydrogen (secondary N) is 1. The van der Waals surface area contributed by atoms with E-state index in [-0.39, 0.29) is 0 Å². The van der Waals surface area contributed by atoms with Crippen molar-refractivity contribution in [1.82, 2.24) is 24.8 Å². The summed E-state index contributed by atoms with van der Waals surface area (Å²) < 4.78 is 5.41. The molecule has 0 unspecified atom stereocenters. The maximum atomic E-state index is 5.41. The van der Waals surface area contributed by atoms with E-state index in [0.29, 0.717) is 0 Å². The van der Waals surface area contributed by atoms with Crippen molar-refractivity contribution in [3.8, 4) is 0 Å². The van der Waals surface area contributed by atoms with Gasteiger partial charge < -0.3 is 19.5 Å². The molecule has 0 aromatic carbocycles. The van der Waals surface area contributed by atoms with E-state index in [1.807, 2.05) is 6.20 Å². The maximum Gasteiger partial charge on any atom is 0.134 e. The highest BCUT2D eigenvalue weighted by Gasteiger charge is 2.20. The van der Waals surface area contributed by atoms with Crippen LogP contribution >= 0.6 is 0 Å². The Labute approximate surface area is 141 Å². The number of nitrogens with zero attached hydrogens (tertiary/aromatic N) is 6. The first-order chi connectivity index (χ1) is 11.9. The van der Waals surface area contributed by atoms with Crippen LogP contribution in [0.15, 0.2) is 24.9 Å². The molecular formula is C16H23N7O. The van der Waals surface area contributed by atoms with Gasteiger partial charge in [-0.3, -0.25) is 4.90 Å². The summed E-state index contributed by atoms with van der Waals surface area (Å²) in [6.07, 6.45) is 5.31. The first kappa shape index (κ1) is 15.3. The molecule has 24 heavy (non-hydrogen) atoms. The van der Waals surface area contributed by atoms with E-state index in [4.69, 9.17) is 4.74 Å². The summed E-state index contributed by atoms with van der Waals surface area (Å²) >= 11 is 0. The van der Waals surface area contributed by atoms with E-state index >= 15 is 0 Å². The summed E-state index contributed by atoms with van der Waals surface area (Å²) in [6, 6.07) is 2.11. The number of aromatic nitrogens is 4. The van der Waals surface area contributed by atoms with Gasteiger partial charge in [0.2, 0.25) is 0 Å². The second-order valence-electron chi connectivity index (χ2n) is 6.17. The molecule has 8 heteroatoms. The zero-order valence-corrected chi connectivity index (χ0v) is 13.8. The van der Waals surface area contributed by atoms with Gasteiger partial charge in [-0.2, -0.15) is 0 Å². The normalized spacial score (nSPS) is 19.7. The molecule has 0 radical (unpaired) electrons. The minimum atomic E-state index is 0.769. The van der Waals surface area contributed by atoms with Crippen LogP contribution in [-0.4, -0.2) is 77.3 Å². The molecule has 0 saturated carbocycles. The number of ether oxygens (including phenoxy) is 1. The van der Waals surface area contributed by atoms with Crippen molar-refractivity contribution in [2.75, 3.05) is 62.3 Å². The molecule has 0 aliphatic carbocycles. The second kappa shape index (κ2) is 7.14. The average Bonchev–Trinajstić information content (AvgIpc) is 3.16. The molecule has 2 fully saturated rings. The Hall–Kier alpha value is -2.19. The number of anilines is 2. The van der Waals surface area contributed by atoms with Crippen molar-refractivity contribution in [1.29, 1.82) is 0 Å². The molecule has 2 aromatic heterocycles. The summed E-state index contributed by atoms with van der Waals surface area (Å²) in [5.74, 6) is 2.02. The van der Waals surface area contributed by atoms with Crippen LogP contribution in [0.5, 0.6) is 0 Å². The van der Waals surface area contributed by atoms with Gasteiger partial charge in [-0.05, 0) is 0 Å². The predicted molar refractivity (Wildman–Crippen MR) is 91.1 cm³/mol. The third kappa shape index (κ3) is 3.49. The molecule has 2 aromatic rings. The Bertz CT molecular complexity index is 634. The molecule has 128 valence electrons. The summed E-state index contributed by atoms with van der Waals surface area (Å²) in [6.45, 7) is 8.27. The van der Waals surface area contributed by atoms with E-state index in [0.717, 1.165) is 70.7 Å². The third-order valence-electron chi connectivity index (χ3n) is 4.62. The topological polar surface area (TPSA) is 73.4 Å². The molecule has 8 nitrogen and oxygen atoms in total. The number of imidazole rings is 1. The Morgan fingerprint density at radius 3 is 2.33 bits per heavy atom. The summed E-state index contributed by atoms with van der Waals surface area (Å²) in [5, 5.41) is 0. The number of hydrogen-bond acceptors (Lipinski definition) is 7. The molecule has 0 amide bonds. The van der Waals surface area contributed by atoms with Gasteiger partial charge in [0.1, 0.15) is 18.0 Å². The molecular weight excluding hydrogens is 306 g/mol. The fourth-order valence-electron chi connectivity index (χ4n) is 3.22. The van der Waals surface area contributed by atoms with Gasteiger partial charge in [-0.1, -0.05) is 0 Å². The fourth-order valence-corrected chi connectivity index (χ4v) is 3.22. The number of hydrogen-bond donors (Lipinski definition) is 1. The average molecular weight is 329 g/mol. The van der Waals surface area contributed by atoms with Crippen LogP contribution in [0.2, 0.25) is 0 Å². The van der Waals surface area contributed by atoms with Gasteiger partial charge >= 0.3 is 0 Å². The van der Waals surface area contributed by atoms with E-state index in [9.17, 15) is 0 Å². The van der Waals surface area contributed by atoms with E-state index in [1.54, 1.807) is 12.7 Å². The standard InChI is InChI=1S/C16H23N7O/c1-3-22(4-2-21(1)11-14-10-17-12-18-14)15-9-16(20-13-19-15)23-5-7-24-8-6-23/h9-10,12-13H,1-8,11H2,(H,17,18). The lowest BCUT2D eigenvalue weighted by Gasteiger charge is -2.35. The van der Waals surface area contributed by atoms with Crippen molar-refractivity contribution in [2.24, 2.45) is 0 Å². The van der Waals surface area contributed by atoms with Gasteiger partial charge in [-0.15, -0.1) is 0 Å². The third-order valence-corrected chi connectivity index (χ3v) is 4.62. The van der Waals surface area contributed by atoms with Gasteiger partial charge in [0.05, 0.1) is 19.5 Å². The number of morpholine rings is 1. The molecule has 1 N–H and O–H groups in total. The number of rotatable bonds is 4. The van der Waals surface area contributed by atoms with Crippen LogP contribution in [0.25, 0.3) is 0 Å². The van der Waals surface area contributed by atoms with Gasteiger partial charge in [-0.25, -0.2) is 15.0 Å². The maximum absolute atomic E-state index is 5.41. The lowest BCUT2D eigenvalue weighted by atomic mass is 10.3. The van der Waals surface area contributed by atoms with Crippen LogP contribution in [0.4, 0.5) is 11.6 Å². The van der Waals surface area contributed by atoms with Crippen LogP contribution in [0.3, 0.4) is 0 Å². The molecule has 4 rings (SSSR count). The second-order valence-corrected chi connectivity index (χ2v) is 6.17. The van der Waals surface area contributed by atoms with Crippen molar-refractivity contribution in [3.05, 3.63) is 30.6 Å². The Kier molecular flexibility index (Phi) is 4.57. The quantitative estimate of drug-likeness (QED) is 0.868. The van der Waals surface area contributed by atoms with E-state index < -0.39 is 0 Å². The highest BCUT2D eigenvalue weighted by atomic mass is 16.5. The minimum Gasteiger partial charge on any atom is -0.378 e. The lowest BCUT2D eigenvalue weighted by Crippen LogP contribution is -2.46. The Balaban J connectivity index is 1.36. The van der Waals surface area contributed by atoms with Crippen LogP contribution in [0.1, 0.15) is 5.69 Å². The lowest BCUT2D eigenvalue weighted by molar-refractivity contribution is 0.122. The summed E-state index contributed by atoms with van der Waals surface area (Å²) in [4.78, 5) is 23.2. The largest absolute Gasteiger partial charge is 0.378 e. The van der Waals surface area contributed by atoms with Crippen molar-refractivity contribution in [3.63, 3.8) is 0 Å². The molecule has 2 aliphatic heterocycles. The van der Waals surface area contributed by atoms with Gasteiger partial charge in [0.15, 0.2) is 0 Å². The fraction of sp³-hybridized carbons (Fsp3) is 0.562. The number of aromatic amines is 1. The van der Waals surface area contributed by atoms with Crippen molar-refractivity contribution in [2.45, 2.75) is 6.54 Å². The van der Waals surface area contributed by atoms with Crippen molar-refractivity contribution >= 4 is 11.6 Å².